The number of piperidine rings is 1. The second-order valence-electron chi connectivity index (χ2n) is 7.30. The maximum Gasteiger partial charge on any atom is 0.255 e. The zero-order valence-corrected chi connectivity index (χ0v) is 16.7. The average Bonchev–Trinajstić information content (AvgIpc) is 3.29. The topological polar surface area (TPSA) is 79.2 Å². The molecule has 1 N–H and O–H groups in total. The molecule has 1 aliphatic heterocycles. The maximum atomic E-state index is 12.9. The van der Waals surface area contributed by atoms with Crippen LogP contribution < -0.4 is 15.1 Å². The Hall–Kier alpha value is -3.42. The SMILES string of the molecule is CN(C)c1nc(N2CCCCC2)ncc1NC(=O)c1cccc(-n2cccn2)c1. The first-order valence-corrected chi connectivity index (χ1v) is 9.82. The van der Waals surface area contributed by atoms with Gasteiger partial charge in [0.1, 0.15) is 5.69 Å². The highest BCUT2D eigenvalue weighted by Crippen LogP contribution is 2.26. The fraction of sp³-hybridized carbons (Fsp3) is 0.333. The zero-order valence-electron chi connectivity index (χ0n) is 16.7. The molecule has 4 rings (SSSR count). The van der Waals surface area contributed by atoms with Gasteiger partial charge in [0.25, 0.3) is 5.91 Å². The summed E-state index contributed by atoms with van der Waals surface area (Å²) >= 11 is 0. The van der Waals surface area contributed by atoms with E-state index in [4.69, 9.17) is 4.98 Å². The fourth-order valence-corrected chi connectivity index (χ4v) is 3.44. The molecule has 1 aliphatic rings. The standard InChI is InChI=1S/C21H25N7O/c1-26(2)19-18(15-22-21(25-19)27-11-4-3-5-12-27)24-20(29)16-8-6-9-17(14-16)28-13-7-10-23-28/h6-10,13-15H,3-5,11-12H2,1-2H3,(H,24,29). The number of aromatic nitrogens is 4. The molecule has 2 aromatic heterocycles. The Morgan fingerprint density at radius 3 is 2.69 bits per heavy atom. The molecule has 1 amide bonds. The first kappa shape index (κ1) is 18.9. The molecule has 3 aromatic rings. The fourth-order valence-electron chi connectivity index (χ4n) is 3.44. The number of carbonyl (C=O) groups excluding carboxylic acids is 1. The van der Waals surface area contributed by atoms with Crippen molar-refractivity contribution in [1.29, 1.82) is 0 Å². The summed E-state index contributed by atoms with van der Waals surface area (Å²) in [6, 6.07) is 9.18. The summed E-state index contributed by atoms with van der Waals surface area (Å²) < 4.78 is 1.72. The highest BCUT2D eigenvalue weighted by molar-refractivity contribution is 6.05. The van der Waals surface area contributed by atoms with E-state index in [1.54, 1.807) is 29.2 Å². The van der Waals surface area contributed by atoms with Crippen molar-refractivity contribution in [2.45, 2.75) is 19.3 Å². The molecule has 0 unspecified atom stereocenters. The normalized spacial score (nSPS) is 13.9. The molecule has 0 radical (unpaired) electrons. The molecule has 3 heterocycles. The molecule has 29 heavy (non-hydrogen) atoms. The van der Waals surface area contributed by atoms with Gasteiger partial charge in [-0.05, 0) is 43.5 Å². The lowest BCUT2D eigenvalue weighted by Crippen LogP contribution is -2.31. The van der Waals surface area contributed by atoms with Crippen molar-refractivity contribution in [2.24, 2.45) is 0 Å². The van der Waals surface area contributed by atoms with Crippen LogP contribution in [0.15, 0.2) is 48.9 Å². The summed E-state index contributed by atoms with van der Waals surface area (Å²) in [5.41, 5.74) is 1.96. The molecule has 0 aliphatic carbocycles. The minimum atomic E-state index is -0.212. The van der Waals surface area contributed by atoms with Crippen molar-refractivity contribution in [3.8, 4) is 5.69 Å². The third kappa shape index (κ3) is 4.21. The van der Waals surface area contributed by atoms with Crippen LogP contribution in [-0.2, 0) is 0 Å². The number of hydrogen-bond donors (Lipinski definition) is 1. The molecule has 1 fully saturated rings. The summed E-state index contributed by atoms with van der Waals surface area (Å²) in [6.45, 7) is 1.94. The number of rotatable bonds is 5. The Bertz CT molecular complexity index is 978. The van der Waals surface area contributed by atoms with Gasteiger partial charge in [0.15, 0.2) is 5.82 Å². The first-order valence-electron chi connectivity index (χ1n) is 9.82. The number of anilines is 3. The van der Waals surface area contributed by atoms with E-state index in [2.05, 4.69) is 20.3 Å². The molecule has 1 saturated heterocycles. The van der Waals surface area contributed by atoms with Crippen LogP contribution >= 0.6 is 0 Å². The lowest BCUT2D eigenvalue weighted by atomic mass is 10.1. The van der Waals surface area contributed by atoms with Crippen molar-refractivity contribution in [1.82, 2.24) is 19.7 Å². The van der Waals surface area contributed by atoms with E-state index in [1.807, 2.05) is 43.4 Å². The second kappa shape index (κ2) is 8.30. The van der Waals surface area contributed by atoms with Crippen LogP contribution in [0.25, 0.3) is 5.69 Å². The van der Waals surface area contributed by atoms with Crippen molar-refractivity contribution in [3.05, 3.63) is 54.5 Å². The average molecular weight is 391 g/mol. The quantitative estimate of drug-likeness (QED) is 0.720. The van der Waals surface area contributed by atoms with Gasteiger partial charge in [0, 0.05) is 45.1 Å². The van der Waals surface area contributed by atoms with Gasteiger partial charge in [0.05, 0.1) is 11.9 Å². The minimum absolute atomic E-state index is 0.212. The van der Waals surface area contributed by atoms with Crippen LogP contribution in [0.3, 0.4) is 0 Å². The lowest BCUT2D eigenvalue weighted by Gasteiger charge is -2.28. The zero-order chi connectivity index (χ0) is 20.2. The van der Waals surface area contributed by atoms with E-state index in [1.165, 1.54) is 6.42 Å². The predicted molar refractivity (Wildman–Crippen MR) is 114 cm³/mol. The molecule has 0 saturated carbocycles. The molecule has 8 nitrogen and oxygen atoms in total. The summed E-state index contributed by atoms with van der Waals surface area (Å²) in [4.78, 5) is 26.2. The highest BCUT2D eigenvalue weighted by Gasteiger charge is 2.18. The van der Waals surface area contributed by atoms with Gasteiger partial charge >= 0.3 is 0 Å². The Labute approximate surface area is 170 Å². The van der Waals surface area contributed by atoms with E-state index in [-0.39, 0.29) is 5.91 Å². The van der Waals surface area contributed by atoms with Crippen molar-refractivity contribution >= 4 is 23.4 Å². The molecule has 0 bridgehead atoms. The minimum Gasteiger partial charge on any atom is -0.361 e. The lowest BCUT2D eigenvalue weighted by molar-refractivity contribution is 0.102. The summed E-state index contributed by atoms with van der Waals surface area (Å²) in [6.07, 6.45) is 8.81. The van der Waals surface area contributed by atoms with E-state index in [9.17, 15) is 4.79 Å². The van der Waals surface area contributed by atoms with Gasteiger partial charge in [-0.25, -0.2) is 9.67 Å². The number of carbonyl (C=O) groups is 1. The largest absolute Gasteiger partial charge is 0.361 e. The predicted octanol–water partition coefficient (Wildman–Crippen LogP) is 2.97. The molecular formula is C21H25N7O. The second-order valence-corrected chi connectivity index (χ2v) is 7.30. The van der Waals surface area contributed by atoms with Gasteiger partial charge < -0.3 is 15.1 Å². The molecule has 0 spiro atoms. The Kier molecular flexibility index (Phi) is 5.41. The van der Waals surface area contributed by atoms with Crippen LogP contribution in [-0.4, -0.2) is 52.8 Å². The highest BCUT2D eigenvalue weighted by atomic mass is 16.1. The van der Waals surface area contributed by atoms with Gasteiger partial charge in [-0.1, -0.05) is 6.07 Å². The third-order valence-electron chi connectivity index (χ3n) is 4.94. The Morgan fingerprint density at radius 2 is 1.97 bits per heavy atom. The molecule has 8 heteroatoms. The third-order valence-corrected chi connectivity index (χ3v) is 4.94. The Morgan fingerprint density at radius 1 is 1.14 bits per heavy atom. The van der Waals surface area contributed by atoms with E-state index >= 15 is 0 Å². The van der Waals surface area contributed by atoms with E-state index in [0.717, 1.165) is 31.6 Å². The van der Waals surface area contributed by atoms with Gasteiger partial charge in [-0.3, -0.25) is 4.79 Å². The maximum absolute atomic E-state index is 12.9. The van der Waals surface area contributed by atoms with E-state index < -0.39 is 0 Å². The van der Waals surface area contributed by atoms with Gasteiger partial charge in [0.2, 0.25) is 5.95 Å². The van der Waals surface area contributed by atoms with Crippen LogP contribution in [0, 0.1) is 0 Å². The van der Waals surface area contributed by atoms with Crippen LogP contribution in [0.4, 0.5) is 17.5 Å². The number of nitrogens with zero attached hydrogens (tertiary/aromatic N) is 6. The van der Waals surface area contributed by atoms with Crippen molar-refractivity contribution in [3.63, 3.8) is 0 Å². The first-order chi connectivity index (χ1) is 14.1. The van der Waals surface area contributed by atoms with Crippen molar-refractivity contribution < 1.29 is 4.79 Å². The Balaban J connectivity index is 1.57. The van der Waals surface area contributed by atoms with Crippen molar-refractivity contribution in [2.75, 3.05) is 42.3 Å². The molecule has 1 aromatic carbocycles. The summed E-state index contributed by atoms with van der Waals surface area (Å²) in [5.74, 6) is 1.20. The smallest absolute Gasteiger partial charge is 0.255 e. The van der Waals surface area contributed by atoms with Gasteiger partial charge in [-0.15, -0.1) is 0 Å². The number of amides is 1. The van der Waals surface area contributed by atoms with Crippen LogP contribution in [0.1, 0.15) is 29.6 Å². The van der Waals surface area contributed by atoms with Gasteiger partial charge in [-0.2, -0.15) is 10.1 Å². The molecule has 0 atom stereocenters. The number of nitrogens with one attached hydrogen (secondary N) is 1. The monoisotopic (exact) mass is 391 g/mol. The van der Waals surface area contributed by atoms with Crippen LogP contribution in [0.2, 0.25) is 0 Å². The number of benzene rings is 1. The molecular weight excluding hydrogens is 366 g/mol. The molecule has 150 valence electrons. The number of hydrogen-bond acceptors (Lipinski definition) is 6. The van der Waals surface area contributed by atoms with E-state index in [0.29, 0.717) is 23.0 Å². The summed E-state index contributed by atoms with van der Waals surface area (Å²) in [7, 11) is 3.83. The summed E-state index contributed by atoms with van der Waals surface area (Å²) in [5, 5.41) is 7.17. The van der Waals surface area contributed by atoms with Crippen LogP contribution in [0.5, 0.6) is 0 Å².